The largest absolute Gasteiger partial charge is 0.386 e. The molecule has 1 N–H and O–H groups in total. The van der Waals surface area contributed by atoms with Crippen molar-refractivity contribution in [1.29, 1.82) is 5.26 Å². The lowest BCUT2D eigenvalue weighted by atomic mass is 9.96. The van der Waals surface area contributed by atoms with E-state index in [-0.39, 0.29) is 0 Å². The van der Waals surface area contributed by atoms with E-state index in [1.165, 1.54) is 0 Å². The molecule has 72 valence electrons. The van der Waals surface area contributed by atoms with E-state index >= 15 is 0 Å². The minimum Gasteiger partial charge on any atom is -0.386 e. The zero-order valence-electron chi connectivity index (χ0n) is 7.94. The van der Waals surface area contributed by atoms with Gasteiger partial charge in [-0.1, -0.05) is 0 Å². The third-order valence-corrected chi connectivity index (χ3v) is 2.29. The van der Waals surface area contributed by atoms with Crippen LogP contribution in [0.2, 0.25) is 0 Å². The van der Waals surface area contributed by atoms with Crippen molar-refractivity contribution in [1.82, 2.24) is 4.98 Å². The normalized spacial score (nSPS) is 18.5. The molecule has 0 amide bonds. The minimum absolute atomic E-state index is 0.411. The summed E-state index contributed by atoms with van der Waals surface area (Å²) >= 11 is 0. The van der Waals surface area contributed by atoms with Crippen LogP contribution in [-0.4, -0.2) is 28.8 Å². The minimum atomic E-state index is -0.587. The highest BCUT2D eigenvalue weighted by atomic mass is 16.3. The van der Waals surface area contributed by atoms with E-state index in [4.69, 9.17) is 5.26 Å². The molecule has 0 aliphatic carbocycles. The summed E-state index contributed by atoms with van der Waals surface area (Å²) in [5.74, 6) is 0. The van der Waals surface area contributed by atoms with Crippen LogP contribution >= 0.6 is 0 Å². The predicted octanol–water partition coefficient (Wildman–Crippen LogP) is 0.524. The van der Waals surface area contributed by atoms with Gasteiger partial charge in [0.2, 0.25) is 0 Å². The fourth-order valence-electron chi connectivity index (χ4n) is 1.64. The molecule has 0 aromatic carbocycles. The number of nitriles is 1. The molecule has 1 saturated heterocycles. The second kappa shape index (κ2) is 2.96. The number of pyridine rings is 1. The average molecular weight is 189 g/mol. The zero-order valence-corrected chi connectivity index (χ0v) is 7.94. The van der Waals surface area contributed by atoms with Gasteiger partial charge in [0.25, 0.3) is 0 Å². The smallest absolute Gasteiger partial charge is 0.142 e. The number of hydrogen-bond donors (Lipinski definition) is 1. The highest BCUT2D eigenvalue weighted by Crippen LogP contribution is 2.26. The van der Waals surface area contributed by atoms with Gasteiger partial charge in [-0.3, -0.25) is 0 Å². The van der Waals surface area contributed by atoms with E-state index in [0.717, 1.165) is 5.69 Å². The Balaban J connectivity index is 2.16. The lowest BCUT2D eigenvalue weighted by Gasteiger charge is -2.45. The molecule has 0 atom stereocenters. The number of aromatic nitrogens is 1. The Morgan fingerprint density at radius 2 is 2.36 bits per heavy atom. The summed E-state index contributed by atoms with van der Waals surface area (Å²) < 4.78 is 0. The van der Waals surface area contributed by atoms with E-state index in [9.17, 15) is 5.11 Å². The van der Waals surface area contributed by atoms with Gasteiger partial charge in [-0.2, -0.15) is 5.26 Å². The number of β-amino-alcohol motifs (C(OH)–C–C–N with tert-alkyl or cyclic N) is 1. The Labute approximate surface area is 82.4 Å². The van der Waals surface area contributed by atoms with Crippen molar-refractivity contribution in [3.8, 4) is 6.07 Å². The molecular formula is C10H11N3O. The van der Waals surface area contributed by atoms with Gasteiger partial charge in [-0.15, -0.1) is 0 Å². The summed E-state index contributed by atoms with van der Waals surface area (Å²) in [5.41, 5.74) is 0.771. The van der Waals surface area contributed by atoms with Gasteiger partial charge in [0.15, 0.2) is 0 Å². The summed E-state index contributed by atoms with van der Waals surface area (Å²) in [6.07, 6.45) is 1.61. The number of aliphatic hydroxyl groups is 1. The summed E-state index contributed by atoms with van der Waals surface area (Å²) in [4.78, 5) is 5.90. The Hall–Kier alpha value is -1.60. The molecule has 4 heteroatoms. The molecule has 0 saturated carbocycles. The zero-order chi connectivity index (χ0) is 10.2. The highest BCUT2D eigenvalue weighted by Gasteiger charge is 2.36. The van der Waals surface area contributed by atoms with E-state index < -0.39 is 5.60 Å². The van der Waals surface area contributed by atoms with Crippen molar-refractivity contribution in [3.05, 3.63) is 24.0 Å². The van der Waals surface area contributed by atoms with Crippen molar-refractivity contribution >= 4 is 5.69 Å². The average Bonchev–Trinajstić information content (AvgIpc) is 2.14. The summed E-state index contributed by atoms with van der Waals surface area (Å²) in [6.45, 7) is 3.03. The van der Waals surface area contributed by atoms with E-state index in [1.807, 2.05) is 17.0 Å². The second-order valence-electron chi connectivity index (χ2n) is 3.86. The van der Waals surface area contributed by atoms with Crippen LogP contribution < -0.4 is 4.90 Å². The van der Waals surface area contributed by atoms with Crippen LogP contribution in [-0.2, 0) is 0 Å². The quantitative estimate of drug-likeness (QED) is 0.699. The first kappa shape index (κ1) is 8.97. The highest BCUT2D eigenvalue weighted by molar-refractivity contribution is 5.52. The molecule has 2 rings (SSSR count). The van der Waals surface area contributed by atoms with Gasteiger partial charge >= 0.3 is 0 Å². The molecule has 0 spiro atoms. The van der Waals surface area contributed by atoms with Crippen molar-refractivity contribution in [2.24, 2.45) is 0 Å². The summed E-state index contributed by atoms with van der Waals surface area (Å²) in [5, 5.41) is 18.2. The maximum atomic E-state index is 9.55. The molecule has 0 bridgehead atoms. The lowest BCUT2D eigenvalue weighted by molar-refractivity contribution is 0.0310. The van der Waals surface area contributed by atoms with Gasteiger partial charge in [-0.25, -0.2) is 4.98 Å². The number of hydrogen-bond acceptors (Lipinski definition) is 4. The molecule has 0 radical (unpaired) electrons. The SMILES string of the molecule is CC1(O)CN(c2ccnc(C#N)c2)C1. The summed E-state index contributed by atoms with van der Waals surface area (Å²) in [7, 11) is 0. The first-order valence-corrected chi connectivity index (χ1v) is 4.44. The Bertz CT molecular complexity index is 387. The molecule has 14 heavy (non-hydrogen) atoms. The summed E-state index contributed by atoms with van der Waals surface area (Å²) in [6, 6.07) is 5.57. The number of rotatable bonds is 1. The predicted molar refractivity (Wildman–Crippen MR) is 51.8 cm³/mol. The monoisotopic (exact) mass is 189 g/mol. The van der Waals surface area contributed by atoms with Crippen molar-refractivity contribution in [2.45, 2.75) is 12.5 Å². The van der Waals surface area contributed by atoms with E-state index in [0.29, 0.717) is 18.8 Å². The van der Waals surface area contributed by atoms with Crippen molar-refractivity contribution in [3.63, 3.8) is 0 Å². The Kier molecular flexibility index (Phi) is 1.90. The van der Waals surface area contributed by atoms with Crippen LogP contribution in [0.4, 0.5) is 5.69 Å². The van der Waals surface area contributed by atoms with Crippen LogP contribution in [0.5, 0.6) is 0 Å². The van der Waals surface area contributed by atoms with Gasteiger partial charge in [0.1, 0.15) is 11.8 Å². The number of anilines is 1. The third-order valence-electron chi connectivity index (χ3n) is 2.29. The molecular weight excluding hydrogens is 178 g/mol. The van der Waals surface area contributed by atoms with Gasteiger partial charge in [0.05, 0.1) is 5.60 Å². The molecule has 2 heterocycles. The topological polar surface area (TPSA) is 60.1 Å². The Morgan fingerprint density at radius 1 is 1.64 bits per heavy atom. The van der Waals surface area contributed by atoms with E-state index in [1.54, 1.807) is 19.2 Å². The van der Waals surface area contributed by atoms with Crippen LogP contribution in [0.25, 0.3) is 0 Å². The molecule has 4 nitrogen and oxygen atoms in total. The first-order chi connectivity index (χ1) is 6.61. The van der Waals surface area contributed by atoms with Gasteiger partial charge < -0.3 is 10.0 Å². The molecule has 1 aliphatic heterocycles. The van der Waals surface area contributed by atoms with Crippen LogP contribution in [0.1, 0.15) is 12.6 Å². The van der Waals surface area contributed by atoms with Crippen LogP contribution in [0.3, 0.4) is 0 Å². The van der Waals surface area contributed by atoms with E-state index in [2.05, 4.69) is 4.98 Å². The maximum absolute atomic E-state index is 9.55. The molecule has 1 aromatic rings. The first-order valence-electron chi connectivity index (χ1n) is 4.44. The fourth-order valence-corrected chi connectivity index (χ4v) is 1.64. The number of nitrogens with zero attached hydrogens (tertiary/aromatic N) is 3. The lowest BCUT2D eigenvalue weighted by Crippen LogP contribution is -2.60. The van der Waals surface area contributed by atoms with Crippen LogP contribution in [0, 0.1) is 11.3 Å². The molecule has 0 unspecified atom stereocenters. The maximum Gasteiger partial charge on any atom is 0.142 e. The van der Waals surface area contributed by atoms with Gasteiger partial charge in [-0.05, 0) is 19.1 Å². The molecule has 1 aromatic heterocycles. The van der Waals surface area contributed by atoms with Crippen LogP contribution in [0.15, 0.2) is 18.3 Å². The molecule has 1 aliphatic rings. The standard InChI is InChI=1S/C10H11N3O/c1-10(14)6-13(7-10)9-2-3-12-8(4-9)5-11/h2-4,14H,6-7H2,1H3. The Morgan fingerprint density at radius 3 is 2.93 bits per heavy atom. The van der Waals surface area contributed by atoms with Crippen molar-refractivity contribution < 1.29 is 5.11 Å². The molecule has 1 fully saturated rings. The van der Waals surface area contributed by atoms with Crippen molar-refractivity contribution in [2.75, 3.05) is 18.0 Å². The second-order valence-corrected chi connectivity index (χ2v) is 3.86. The van der Waals surface area contributed by atoms with Gasteiger partial charge in [0, 0.05) is 25.0 Å². The fraction of sp³-hybridized carbons (Fsp3) is 0.400. The third kappa shape index (κ3) is 1.54.